The SMILES string of the molecule is CNC(=O)c1c(-c2ccc(F)cc2)nn2cc(NS(C)(=O)=O)ccc12. The maximum atomic E-state index is 13.2. The number of anilines is 1. The van der Waals surface area contributed by atoms with Gasteiger partial charge in [-0.25, -0.2) is 17.3 Å². The number of nitrogens with one attached hydrogen (secondary N) is 2. The Labute approximate surface area is 143 Å². The van der Waals surface area contributed by atoms with Crippen LogP contribution in [0.4, 0.5) is 10.1 Å². The molecule has 2 aromatic heterocycles. The van der Waals surface area contributed by atoms with Gasteiger partial charge >= 0.3 is 0 Å². The van der Waals surface area contributed by atoms with E-state index < -0.39 is 15.8 Å². The van der Waals surface area contributed by atoms with E-state index in [0.717, 1.165) is 6.26 Å². The molecule has 0 radical (unpaired) electrons. The molecule has 25 heavy (non-hydrogen) atoms. The highest BCUT2D eigenvalue weighted by molar-refractivity contribution is 7.92. The fourth-order valence-corrected chi connectivity index (χ4v) is 3.03. The molecule has 3 aromatic rings. The van der Waals surface area contributed by atoms with Crippen molar-refractivity contribution in [1.29, 1.82) is 0 Å². The highest BCUT2D eigenvalue weighted by atomic mass is 32.2. The van der Waals surface area contributed by atoms with Gasteiger partial charge in [-0.05, 0) is 36.4 Å². The van der Waals surface area contributed by atoms with Crippen molar-refractivity contribution in [2.24, 2.45) is 0 Å². The predicted octanol–water partition coefficient (Wildman–Crippen LogP) is 1.87. The molecule has 1 aromatic carbocycles. The van der Waals surface area contributed by atoms with Gasteiger partial charge in [0.1, 0.15) is 11.5 Å². The summed E-state index contributed by atoms with van der Waals surface area (Å²) in [4.78, 5) is 12.3. The molecule has 1 amide bonds. The number of pyridine rings is 1. The summed E-state index contributed by atoms with van der Waals surface area (Å²) in [5, 5.41) is 6.93. The minimum absolute atomic E-state index is 0.312. The van der Waals surface area contributed by atoms with E-state index in [4.69, 9.17) is 0 Å². The molecule has 0 unspecified atom stereocenters. The van der Waals surface area contributed by atoms with Gasteiger partial charge in [-0.1, -0.05) is 0 Å². The van der Waals surface area contributed by atoms with Crippen LogP contribution in [0, 0.1) is 5.82 Å². The Balaban J connectivity index is 2.21. The highest BCUT2D eigenvalue weighted by Gasteiger charge is 2.20. The molecular weight excluding hydrogens is 347 g/mol. The Morgan fingerprint density at radius 1 is 1.16 bits per heavy atom. The van der Waals surface area contributed by atoms with E-state index >= 15 is 0 Å². The maximum absolute atomic E-state index is 13.2. The summed E-state index contributed by atoms with van der Waals surface area (Å²) in [5.41, 5.74) is 2.07. The number of fused-ring (bicyclic) bond motifs is 1. The van der Waals surface area contributed by atoms with Crippen LogP contribution in [0.1, 0.15) is 10.4 Å². The van der Waals surface area contributed by atoms with Crippen LogP contribution in [0.25, 0.3) is 16.8 Å². The van der Waals surface area contributed by atoms with Crippen molar-refractivity contribution in [1.82, 2.24) is 14.9 Å². The Morgan fingerprint density at radius 2 is 1.84 bits per heavy atom. The van der Waals surface area contributed by atoms with Gasteiger partial charge in [0, 0.05) is 12.6 Å². The first kappa shape index (κ1) is 16.9. The summed E-state index contributed by atoms with van der Waals surface area (Å²) < 4.78 is 39.7. The van der Waals surface area contributed by atoms with Gasteiger partial charge in [0.2, 0.25) is 10.0 Å². The maximum Gasteiger partial charge on any atom is 0.255 e. The fraction of sp³-hybridized carbons (Fsp3) is 0.125. The number of halogens is 1. The first-order valence-corrected chi connectivity index (χ1v) is 9.16. The molecular formula is C16H15FN4O3S. The normalized spacial score (nSPS) is 11.5. The summed E-state index contributed by atoms with van der Waals surface area (Å²) in [7, 11) is -1.94. The molecule has 130 valence electrons. The summed E-state index contributed by atoms with van der Waals surface area (Å²) >= 11 is 0. The Hall–Kier alpha value is -2.94. The van der Waals surface area contributed by atoms with Crippen molar-refractivity contribution in [3.63, 3.8) is 0 Å². The number of nitrogens with zero attached hydrogens (tertiary/aromatic N) is 2. The average molecular weight is 362 g/mol. The molecule has 0 atom stereocenters. The van der Waals surface area contributed by atoms with Crippen LogP contribution in [0.15, 0.2) is 42.6 Å². The van der Waals surface area contributed by atoms with E-state index in [1.165, 1.54) is 42.0 Å². The molecule has 0 spiro atoms. The molecule has 9 heteroatoms. The third-order valence-corrected chi connectivity index (χ3v) is 4.11. The number of carbonyl (C=O) groups is 1. The van der Waals surface area contributed by atoms with Crippen LogP contribution in [-0.2, 0) is 10.0 Å². The first-order valence-electron chi connectivity index (χ1n) is 7.26. The summed E-state index contributed by atoms with van der Waals surface area (Å²) in [6.07, 6.45) is 2.51. The Morgan fingerprint density at radius 3 is 2.44 bits per heavy atom. The largest absolute Gasteiger partial charge is 0.355 e. The van der Waals surface area contributed by atoms with E-state index in [2.05, 4.69) is 15.1 Å². The van der Waals surface area contributed by atoms with Gasteiger partial charge in [-0.2, -0.15) is 5.10 Å². The third-order valence-electron chi connectivity index (χ3n) is 3.50. The third kappa shape index (κ3) is 3.45. The van der Waals surface area contributed by atoms with Gasteiger partial charge in [-0.3, -0.25) is 9.52 Å². The number of hydrogen-bond donors (Lipinski definition) is 2. The van der Waals surface area contributed by atoms with Crippen molar-refractivity contribution in [2.45, 2.75) is 0 Å². The second-order valence-electron chi connectivity index (χ2n) is 5.43. The Kier molecular flexibility index (Phi) is 4.17. The second-order valence-corrected chi connectivity index (χ2v) is 7.18. The molecule has 0 aliphatic carbocycles. The minimum atomic E-state index is -3.44. The molecule has 3 rings (SSSR count). The van der Waals surface area contributed by atoms with Crippen LogP contribution < -0.4 is 10.0 Å². The lowest BCUT2D eigenvalue weighted by atomic mass is 10.1. The van der Waals surface area contributed by atoms with E-state index in [9.17, 15) is 17.6 Å². The molecule has 2 heterocycles. The number of amides is 1. The smallest absolute Gasteiger partial charge is 0.255 e. The molecule has 2 N–H and O–H groups in total. The zero-order chi connectivity index (χ0) is 18.2. The predicted molar refractivity (Wildman–Crippen MR) is 92.4 cm³/mol. The quantitative estimate of drug-likeness (QED) is 0.741. The number of sulfonamides is 1. The van der Waals surface area contributed by atoms with Crippen LogP contribution >= 0.6 is 0 Å². The van der Waals surface area contributed by atoms with E-state index in [0.29, 0.717) is 28.0 Å². The minimum Gasteiger partial charge on any atom is -0.355 e. The van der Waals surface area contributed by atoms with Crippen LogP contribution in [0.2, 0.25) is 0 Å². The van der Waals surface area contributed by atoms with E-state index in [1.54, 1.807) is 12.1 Å². The number of carbonyl (C=O) groups excluding carboxylic acids is 1. The summed E-state index contributed by atoms with van der Waals surface area (Å²) in [5.74, 6) is -0.744. The lowest BCUT2D eigenvalue weighted by Crippen LogP contribution is -2.18. The van der Waals surface area contributed by atoms with Gasteiger partial charge in [0.15, 0.2) is 0 Å². The lowest BCUT2D eigenvalue weighted by molar-refractivity contribution is 0.0965. The molecule has 0 bridgehead atoms. The molecule has 7 nitrogen and oxygen atoms in total. The lowest BCUT2D eigenvalue weighted by Gasteiger charge is -2.04. The molecule has 0 aliphatic rings. The topological polar surface area (TPSA) is 92.6 Å². The monoisotopic (exact) mass is 362 g/mol. The van der Waals surface area contributed by atoms with Crippen LogP contribution in [0.3, 0.4) is 0 Å². The molecule has 0 saturated carbocycles. The van der Waals surface area contributed by atoms with Crippen molar-refractivity contribution in [2.75, 3.05) is 18.0 Å². The van der Waals surface area contributed by atoms with Crippen molar-refractivity contribution in [3.8, 4) is 11.3 Å². The fourth-order valence-electron chi connectivity index (χ4n) is 2.48. The van der Waals surface area contributed by atoms with Gasteiger partial charge < -0.3 is 5.32 Å². The summed E-state index contributed by atoms with van der Waals surface area (Å²) in [6.45, 7) is 0. The van der Waals surface area contributed by atoms with E-state index in [-0.39, 0.29) is 5.91 Å². The van der Waals surface area contributed by atoms with Gasteiger partial charge in [-0.15, -0.1) is 0 Å². The van der Waals surface area contributed by atoms with Crippen molar-refractivity contribution in [3.05, 3.63) is 54.0 Å². The second kappa shape index (κ2) is 6.17. The van der Waals surface area contributed by atoms with Gasteiger partial charge in [0.05, 0.1) is 29.2 Å². The van der Waals surface area contributed by atoms with E-state index in [1.807, 2.05) is 0 Å². The standard InChI is InChI=1S/C16H15FN4O3S/c1-18-16(22)14-13-8-7-12(20-25(2,23)24)9-21(13)19-15(14)10-3-5-11(17)6-4-10/h3-9,20H,1-2H3,(H,18,22). The highest BCUT2D eigenvalue weighted by Crippen LogP contribution is 2.27. The average Bonchev–Trinajstić information content (AvgIpc) is 2.91. The Bertz CT molecular complexity index is 1060. The first-order chi connectivity index (χ1) is 11.8. The number of benzene rings is 1. The van der Waals surface area contributed by atoms with Gasteiger partial charge in [0.25, 0.3) is 5.91 Å². The van der Waals surface area contributed by atoms with Crippen LogP contribution in [-0.4, -0.2) is 37.2 Å². The zero-order valence-corrected chi connectivity index (χ0v) is 14.3. The molecule has 0 fully saturated rings. The molecule has 0 saturated heterocycles. The molecule has 0 aliphatic heterocycles. The number of rotatable bonds is 4. The van der Waals surface area contributed by atoms with Crippen LogP contribution in [0.5, 0.6) is 0 Å². The number of aromatic nitrogens is 2. The van der Waals surface area contributed by atoms with Crippen molar-refractivity contribution >= 4 is 27.1 Å². The summed E-state index contributed by atoms with van der Waals surface area (Å²) in [6, 6.07) is 8.75. The zero-order valence-electron chi connectivity index (χ0n) is 13.4. The number of hydrogen-bond acceptors (Lipinski definition) is 4. The van der Waals surface area contributed by atoms with Crippen molar-refractivity contribution < 1.29 is 17.6 Å².